The zero-order valence-corrected chi connectivity index (χ0v) is 22.3. The minimum Gasteiger partial charge on any atom is -0.444 e. The Morgan fingerprint density at radius 2 is 1.85 bits per heavy atom. The second kappa shape index (κ2) is 10.5. The van der Waals surface area contributed by atoms with E-state index in [1.807, 2.05) is 53.1 Å². The lowest BCUT2D eigenvalue weighted by Gasteiger charge is -2.29. The van der Waals surface area contributed by atoms with Gasteiger partial charge >= 0.3 is 5.69 Å². The average Bonchev–Trinajstić information content (AvgIpc) is 3.58. The third-order valence-electron chi connectivity index (χ3n) is 7.58. The van der Waals surface area contributed by atoms with Crippen LogP contribution >= 0.6 is 11.6 Å². The Bertz CT molecular complexity index is 1700. The number of aromatic nitrogens is 4. The number of pyridine rings is 1. The number of nitrogens with zero attached hydrogens (tertiary/aromatic N) is 4. The van der Waals surface area contributed by atoms with Crippen LogP contribution in [0.4, 0.5) is 0 Å². The van der Waals surface area contributed by atoms with Gasteiger partial charge in [0.1, 0.15) is 0 Å². The lowest BCUT2D eigenvalue weighted by Crippen LogP contribution is -2.39. The molecule has 1 amide bonds. The predicted octanol–water partition coefficient (Wildman–Crippen LogP) is 5.79. The van der Waals surface area contributed by atoms with E-state index >= 15 is 0 Å². The summed E-state index contributed by atoms with van der Waals surface area (Å²) in [4.78, 5) is 34.8. The summed E-state index contributed by atoms with van der Waals surface area (Å²) >= 11 is 6.05. The molecule has 0 saturated heterocycles. The SMILES string of the molecule is Cc1ncc(Cl)cc1C(=O)N[C@H]1CC[C@H](Cn2c(=O)n(-c3cccc(-c4cnco4)c3)c3ccccc32)CC1. The van der Waals surface area contributed by atoms with Gasteiger partial charge in [-0.05, 0) is 68.9 Å². The van der Waals surface area contributed by atoms with Crippen LogP contribution in [-0.4, -0.2) is 31.1 Å². The molecule has 8 nitrogen and oxygen atoms in total. The van der Waals surface area contributed by atoms with Gasteiger partial charge in [0.2, 0.25) is 0 Å². The molecule has 1 aliphatic carbocycles. The minimum absolute atomic E-state index is 0.0646. The van der Waals surface area contributed by atoms with Crippen LogP contribution in [-0.2, 0) is 6.54 Å². The summed E-state index contributed by atoms with van der Waals surface area (Å²) in [5.74, 6) is 0.849. The number of hydrogen-bond acceptors (Lipinski definition) is 5. The Morgan fingerprint density at radius 1 is 1.05 bits per heavy atom. The first-order chi connectivity index (χ1) is 19.0. The van der Waals surface area contributed by atoms with E-state index in [0.717, 1.165) is 48.0 Å². The maximum absolute atomic E-state index is 13.8. The van der Waals surface area contributed by atoms with Gasteiger partial charge in [-0.25, -0.2) is 9.78 Å². The molecule has 1 N–H and O–H groups in total. The number of imidazole rings is 1. The van der Waals surface area contributed by atoms with Crippen molar-refractivity contribution in [2.45, 2.75) is 45.2 Å². The number of carbonyl (C=O) groups is 1. The maximum atomic E-state index is 13.8. The van der Waals surface area contributed by atoms with Crippen molar-refractivity contribution in [2.75, 3.05) is 0 Å². The van der Waals surface area contributed by atoms with E-state index in [1.165, 1.54) is 6.39 Å². The quantitative estimate of drug-likeness (QED) is 0.293. The zero-order valence-electron chi connectivity index (χ0n) is 21.5. The molecule has 1 aliphatic rings. The molecule has 5 aromatic rings. The third kappa shape index (κ3) is 5.00. The predicted molar refractivity (Wildman–Crippen MR) is 150 cm³/mol. The topological polar surface area (TPSA) is 95.0 Å². The molecule has 0 radical (unpaired) electrons. The first kappa shape index (κ1) is 25.1. The fourth-order valence-corrected chi connectivity index (χ4v) is 5.70. The normalized spacial score (nSPS) is 17.4. The van der Waals surface area contributed by atoms with Crippen molar-refractivity contribution in [1.82, 2.24) is 24.4 Å². The fourth-order valence-electron chi connectivity index (χ4n) is 5.54. The van der Waals surface area contributed by atoms with Crippen LogP contribution in [0, 0.1) is 12.8 Å². The number of hydrogen-bond donors (Lipinski definition) is 1. The Labute approximate surface area is 230 Å². The number of benzene rings is 2. The van der Waals surface area contributed by atoms with Gasteiger partial charge in [0.05, 0.1) is 39.2 Å². The van der Waals surface area contributed by atoms with Gasteiger partial charge in [-0.3, -0.25) is 18.9 Å². The molecule has 0 bridgehead atoms. The monoisotopic (exact) mass is 541 g/mol. The molecule has 0 atom stereocenters. The molecule has 0 aliphatic heterocycles. The summed E-state index contributed by atoms with van der Waals surface area (Å²) < 4.78 is 9.12. The van der Waals surface area contributed by atoms with E-state index in [1.54, 1.807) is 30.0 Å². The van der Waals surface area contributed by atoms with Crippen LogP contribution in [0.25, 0.3) is 28.0 Å². The Balaban J connectivity index is 1.20. The Hall–Kier alpha value is -4.17. The molecule has 3 heterocycles. The smallest absolute Gasteiger partial charge is 0.333 e. The number of carbonyl (C=O) groups excluding carboxylic acids is 1. The van der Waals surface area contributed by atoms with Gasteiger partial charge in [-0.15, -0.1) is 0 Å². The van der Waals surface area contributed by atoms with Gasteiger partial charge in [-0.2, -0.15) is 0 Å². The molecular weight excluding hydrogens is 514 g/mol. The van der Waals surface area contributed by atoms with Crippen molar-refractivity contribution in [2.24, 2.45) is 5.92 Å². The fraction of sp³-hybridized carbons (Fsp3) is 0.267. The van der Waals surface area contributed by atoms with E-state index in [0.29, 0.717) is 34.5 Å². The molecule has 9 heteroatoms. The Morgan fingerprint density at radius 3 is 2.62 bits per heavy atom. The molecule has 198 valence electrons. The number of nitrogens with one attached hydrogen (secondary N) is 1. The standard InChI is InChI=1S/C30H28ClN5O3/c1-19-25(14-22(31)15-33-19)29(37)34-23-11-9-20(10-12-23)17-35-26-7-2-3-8-27(26)36(30(35)38)24-6-4-5-21(13-24)28-16-32-18-39-28/h2-8,13-16,18,20,23H,9-12,17H2,1H3,(H,34,37)/t20-,23-. The summed E-state index contributed by atoms with van der Waals surface area (Å²) in [5.41, 5.74) is 4.52. The molecule has 0 unspecified atom stereocenters. The second-order valence-corrected chi connectivity index (χ2v) is 10.5. The summed E-state index contributed by atoms with van der Waals surface area (Å²) in [6, 6.07) is 17.4. The van der Waals surface area contributed by atoms with Gasteiger partial charge in [0, 0.05) is 24.3 Å². The maximum Gasteiger partial charge on any atom is 0.333 e. The van der Waals surface area contributed by atoms with Gasteiger partial charge in [0.15, 0.2) is 12.2 Å². The molecule has 1 saturated carbocycles. The summed E-state index contributed by atoms with van der Waals surface area (Å²) in [6.07, 6.45) is 8.17. The van der Waals surface area contributed by atoms with Crippen LogP contribution in [0.15, 0.2) is 82.6 Å². The molecule has 1 fully saturated rings. The number of aryl methyl sites for hydroxylation is 1. The zero-order chi connectivity index (χ0) is 26.9. The van der Waals surface area contributed by atoms with E-state index < -0.39 is 0 Å². The largest absolute Gasteiger partial charge is 0.444 e. The summed E-state index contributed by atoms with van der Waals surface area (Å²) in [6.45, 7) is 2.44. The lowest BCUT2D eigenvalue weighted by molar-refractivity contribution is 0.0919. The third-order valence-corrected chi connectivity index (χ3v) is 7.78. The van der Waals surface area contributed by atoms with Gasteiger partial charge in [-0.1, -0.05) is 35.9 Å². The van der Waals surface area contributed by atoms with E-state index in [9.17, 15) is 9.59 Å². The Kier molecular flexibility index (Phi) is 6.79. The van der Waals surface area contributed by atoms with Crippen LogP contribution in [0.1, 0.15) is 41.7 Å². The van der Waals surface area contributed by atoms with Crippen molar-refractivity contribution < 1.29 is 9.21 Å². The highest BCUT2D eigenvalue weighted by Gasteiger charge is 2.26. The summed E-state index contributed by atoms with van der Waals surface area (Å²) in [5, 5.41) is 3.60. The van der Waals surface area contributed by atoms with E-state index in [2.05, 4.69) is 15.3 Å². The van der Waals surface area contributed by atoms with Crippen molar-refractivity contribution in [3.05, 3.63) is 100 Å². The van der Waals surface area contributed by atoms with Gasteiger partial charge < -0.3 is 9.73 Å². The van der Waals surface area contributed by atoms with Gasteiger partial charge in [0.25, 0.3) is 5.91 Å². The summed E-state index contributed by atoms with van der Waals surface area (Å²) in [7, 11) is 0. The van der Waals surface area contributed by atoms with Crippen LogP contribution < -0.4 is 11.0 Å². The first-order valence-corrected chi connectivity index (χ1v) is 13.5. The minimum atomic E-state index is -0.141. The molecule has 39 heavy (non-hydrogen) atoms. The number of amides is 1. The number of para-hydroxylation sites is 2. The first-order valence-electron chi connectivity index (χ1n) is 13.1. The lowest BCUT2D eigenvalue weighted by atomic mass is 9.85. The second-order valence-electron chi connectivity index (χ2n) is 10.1. The van der Waals surface area contributed by atoms with Crippen molar-refractivity contribution in [1.29, 1.82) is 0 Å². The van der Waals surface area contributed by atoms with E-state index in [-0.39, 0.29) is 17.6 Å². The van der Waals surface area contributed by atoms with E-state index in [4.69, 9.17) is 16.0 Å². The van der Waals surface area contributed by atoms with Crippen molar-refractivity contribution >= 4 is 28.5 Å². The number of rotatable bonds is 6. The average molecular weight is 542 g/mol. The molecule has 0 spiro atoms. The highest BCUT2D eigenvalue weighted by molar-refractivity contribution is 6.30. The molecule has 2 aromatic carbocycles. The van der Waals surface area contributed by atoms with Crippen LogP contribution in [0.2, 0.25) is 5.02 Å². The molecule has 6 rings (SSSR count). The molecular formula is C30H28ClN5O3. The van der Waals surface area contributed by atoms with Crippen molar-refractivity contribution in [3.8, 4) is 17.0 Å². The highest BCUT2D eigenvalue weighted by atomic mass is 35.5. The molecule has 3 aromatic heterocycles. The number of halogens is 1. The number of oxazole rings is 1. The highest BCUT2D eigenvalue weighted by Crippen LogP contribution is 2.28. The number of fused-ring (bicyclic) bond motifs is 1. The van der Waals surface area contributed by atoms with Crippen LogP contribution in [0.5, 0.6) is 0 Å². The van der Waals surface area contributed by atoms with Crippen molar-refractivity contribution in [3.63, 3.8) is 0 Å². The van der Waals surface area contributed by atoms with Crippen LogP contribution in [0.3, 0.4) is 0 Å².